The van der Waals surface area contributed by atoms with Crippen LogP contribution in [0.3, 0.4) is 0 Å². The lowest BCUT2D eigenvalue weighted by atomic mass is 10.1. The van der Waals surface area contributed by atoms with Crippen LogP contribution in [0, 0.1) is 0 Å². The van der Waals surface area contributed by atoms with E-state index < -0.39 is 0 Å². The summed E-state index contributed by atoms with van der Waals surface area (Å²) in [6.45, 7) is 0.409. The van der Waals surface area contributed by atoms with Crippen LogP contribution >= 0.6 is 11.6 Å². The van der Waals surface area contributed by atoms with Crippen LogP contribution in [0.1, 0.15) is 11.1 Å². The minimum absolute atomic E-state index is 0.0767. The predicted molar refractivity (Wildman–Crippen MR) is 86.5 cm³/mol. The molecule has 0 heterocycles. The lowest BCUT2D eigenvalue weighted by Crippen LogP contribution is -2.24. The Morgan fingerprint density at radius 1 is 1.09 bits per heavy atom. The summed E-state index contributed by atoms with van der Waals surface area (Å²) in [4.78, 5) is 12.0. The fourth-order valence-electron chi connectivity index (χ4n) is 2.07. The zero-order valence-electron chi connectivity index (χ0n) is 12.6. The topological polar surface area (TPSA) is 47.6 Å². The second-order valence-corrected chi connectivity index (χ2v) is 5.14. The molecule has 0 aliphatic rings. The van der Waals surface area contributed by atoms with Gasteiger partial charge in [0.15, 0.2) is 11.5 Å². The molecule has 0 bridgehead atoms. The van der Waals surface area contributed by atoms with Crippen molar-refractivity contribution in [1.29, 1.82) is 0 Å². The fourth-order valence-corrected chi connectivity index (χ4v) is 2.28. The minimum atomic E-state index is -0.0767. The fraction of sp³-hybridized carbons (Fsp3) is 0.235. The van der Waals surface area contributed by atoms with E-state index in [9.17, 15) is 4.79 Å². The number of halogens is 1. The highest BCUT2D eigenvalue weighted by atomic mass is 35.5. The van der Waals surface area contributed by atoms with Gasteiger partial charge in [-0.05, 0) is 29.3 Å². The summed E-state index contributed by atoms with van der Waals surface area (Å²) in [5, 5.41) is 3.51. The Morgan fingerprint density at radius 2 is 1.82 bits per heavy atom. The zero-order valence-corrected chi connectivity index (χ0v) is 13.3. The maximum atomic E-state index is 12.0. The van der Waals surface area contributed by atoms with Crippen molar-refractivity contribution in [2.24, 2.45) is 0 Å². The van der Waals surface area contributed by atoms with E-state index in [0.717, 1.165) is 11.1 Å². The summed E-state index contributed by atoms with van der Waals surface area (Å²) < 4.78 is 10.4. The van der Waals surface area contributed by atoms with Crippen LogP contribution in [0.25, 0.3) is 0 Å². The molecule has 0 aliphatic carbocycles. The summed E-state index contributed by atoms with van der Waals surface area (Å²) >= 11 is 6.06. The van der Waals surface area contributed by atoms with E-state index in [1.165, 1.54) is 0 Å². The van der Waals surface area contributed by atoms with E-state index >= 15 is 0 Å². The van der Waals surface area contributed by atoms with Crippen molar-refractivity contribution in [3.8, 4) is 11.5 Å². The Labute approximate surface area is 135 Å². The highest BCUT2D eigenvalue weighted by Gasteiger charge is 2.09. The molecule has 0 saturated carbocycles. The Morgan fingerprint density at radius 3 is 2.50 bits per heavy atom. The Balaban J connectivity index is 1.96. The molecule has 0 unspecified atom stereocenters. The summed E-state index contributed by atoms with van der Waals surface area (Å²) in [5.41, 5.74) is 1.75. The average Bonchev–Trinajstić information content (AvgIpc) is 2.54. The molecular formula is C17H18ClNO3. The molecule has 22 heavy (non-hydrogen) atoms. The summed E-state index contributed by atoms with van der Waals surface area (Å²) in [6.07, 6.45) is 0.269. The van der Waals surface area contributed by atoms with Crippen molar-refractivity contribution in [3.63, 3.8) is 0 Å². The molecule has 0 spiro atoms. The molecule has 2 rings (SSSR count). The standard InChI is InChI=1S/C17H18ClNO3/c1-21-15-8-7-12(9-16(15)22-2)10-17(20)19-11-13-5-3-4-6-14(13)18/h3-9H,10-11H2,1-2H3,(H,19,20). The third kappa shape index (κ3) is 4.15. The van der Waals surface area contributed by atoms with Gasteiger partial charge in [0.2, 0.25) is 5.91 Å². The maximum absolute atomic E-state index is 12.0. The summed E-state index contributed by atoms with van der Waals surface area (Å²) in [6, 6.07) is 12.9. The average molecular weight is 320 g/mol. The number of carbonyl (C=O) groups excluding carboxylic acids is 1. The predicted octanol–water partition coefficient (Wildman–Crippen LogP) is 3.22. The molecule has 0 atom stereocenters. The van der Waals surface area contributed by atoms with E-state index in [4.69, 9.17) is 21.1 Å². The third-order valence-corrected chi connectivity index (χ3v) is 3.62. The van der Waals surface area contributed by atoms with E-state index in [1.807, 2.05) is 24.3 Å². The van der Waals surface area contributed by atoms with Gasteiger partial charge >= 0.3 is 0 Å². The summed E-state index contributed by atoms with van der Waals surface area (Å²) in [7, 11) is 3.15. The van der Waals surface area contributed by atoms with Crippen LogP contribution in [0.15, 0.2) is 42.5 Å². The largest absolute Gasteiger partial charge is 0.493 e. The van der Waals surface area contributed by atoms with Gasteiger partial charge in [-0.25, -0.2) is 0 Å². The molecule has 0 aromatic heterocycles. The van der Waals surface area contributed by atoms with Crippen molar-refractivity contribution in [2.45, 2.75) is 13.0 Å². The van der Waals surface area contributed by atoms with E-state index in [1.54, 1.807) is 32.4 Å². The number of hydrogen-bond donors (Lipinski definition) is 1. The number of ether oxygens (including phenoxy) is 2. The lowest BCUT2D eigenvalue weighted by molar-refractivity contribution is -0.120. The maximum Gasteiger partial charge on any atom is 0.224 e. The van der Waals surface area contributed by atoms with Crippen molar-refractivity contribution in [1.82, 2.24) is 5.32 Å². The Hall–Kier alpha value is -2.20. The molecular weight excluding hydrogens is 302 g/mol. The first kappa shape index (κ1) is 16.2. The number of hydrogen-bond acceptors (Lipinski definition) is 3. The van der Waals surface area contributed by atoms with Gasteiger partial charge in [-0.2, -0.15) is 0 Å². The monoisotopic (exact) mass is 319 g/mol. The van der Waals surface area contributed by atoms with Gasteiger partial charge in [0.25, 0.3) is 0 Å². The third-order valence-electron chi connectivity index (χ3n) is 3.25. The van der Waals surface area contributed by atoms with Crippen LogP contribution < -0.4 is 14.8 Å². The van der Waals surface area contributed by atoms with Crippen LogP contribution in [-0.4, -0.2) is 20.1 Å². The smallest absolute Gasteiger partial charge is 0.224 e. The molecule has 0 aliphatic heterocycles. The number of methoxy groups -OCH3 is 2. The molecule has 4 nitrogen and oxygen atoms in total. The first-order valence-electron chi connectivity index (χ1n) is 6.85. The number of amides is 1. The van der Waals surface area contributed by atoms with Crippen molar-refractivity contribution >= 4 is 17.5 Å². The second-order valence-electron chi connectivity index (χ2n) is 4.73. The van der Waals surface area contributed by atoms with Gasteiger partial charge in [-0.3, -0.25) is 4.79 Å². The van der Waals surface area contributed by atoms with Gasteiger partial charge in [0, 0.05) is 11.6 Å². The molecule has 2 aromatic rings. The SMILES string of the molecule is COc1ccc(CC(=O)NCc2ccccc2Cl)cc1OC. The minimum Gasteiger partial charge on any atom is -0.493 e. The molecule has 0 fully saturated rings. The van der Waals surface area contributed by atoms with E-state index in [-0.39, 0.29) is 12.3 Å². The van der Waals surface area contributed by atoms with Gasteiger partial charge in [-0.15, -0.1) is 0 Å². The number of rotatable bonds is 6. The second kappa shape index (κ2) is 7.71. The molecule has 116 valence electrons. The quantitative estimate of drug-likeness (QED) is 0.889. The molecule has 1 N–H and O–H groups in total. The zero-order chi connectivity index (χ0) is 15.9. The van der Waals surface area contributed by atoms with Crippen LogP contribution in [0.4, 0.5) is 0 Å². The van der Waals surface area contributed by atoms with Gasteiger partial charge in [0.1, 0.15) is 0 Å². The van der Waals surface area contributed by atoms with E-state index in [0.29, 0.717) is 23.1 Å². The number of carbonyl (C=O) groups is 1. The summed E-state index contributed by atoms with van der Waals surface area (Å²) in [5.74, 6) is 1.17. The van der Waals surface area contributed by atoms with Gasteiger partial charge in [-0.1, -0.05) is 35.9 Å². The van der Waals surface area contributed by atoms with Crippen molar-refractivity contribution < 1.29 is 14.3 Å². The Kier molecular flexibility index (Phi) is 5.67. The lowest BCUT2D eigenvalue weighted by Gasteiger charge is -2.10. The molecule has 5 heteroatoms. The van der Waals surface area contributed by atoms with Crippen LogP contribution in [0.2, 0.25) is 5.02 Å². The van der Waals surface area contributed by atoms with Gasteiger partial charge < -0.3 is 14.8 Å². The van der Waals surface area contributed by atoms with Crippen molar-refractivity contribution in [3.05, 3.63) is 58.6 Å². The normalized spacial score (nSPS) is 10.1. The van der Waals surface area contributed by atoms with E-state index in [2.05, 4.69) is 5.32 Å². The molecule has 2 aromatic carbocycles. The molecule has 0 saturated heterocycles. The highest BCUT2D eigenvalue weighted by Crippen LogP contribution is 2.27. The first-order valence-corrected chi connectivity index (χ1v) is 7.23. The van der Waals surface area contributed by atoms with Crippen molar-refractivity contribution in [2.75, 3.05) is 14.2 Å². The van der Waals surface area contributed by atoms with Crippen LogP contribution in [-0.2, 0) is 17.8 Å². The number of benzene rings is 2. The number of nitrogens with one attached hydrogen (secondary N) is 1. The highest BCUT2D eigenvalue weighted by molar-refractivity contribution is 6.31. The molecule has 1 amide bonds. The van der Waals surface area contributed by atoms with Crippen LogP contribution in [0.5, 0.6) is 11.5 Å². The Bertz CT molecular complexity index is 658. The molecule has 0 radical (unpaired) electrons. The first-order chi connectivity index (χ1) is 10.6. The van der Waals surface area contributed by atoms with Gasteiger partial charge in [0.05, 0.1) is 20.6 Å².